The molecule has 106 valence electrons. The van der Waals surface area contributed by atoms with E-state index < -0.39 is 11.4 Å². The highest BCUT2D eigenvalue weighted by atomic mass is 16.6. The van der Waals surface area contributed by atoms with Gasteiger partial charge >= 0.3 is 5.97 Å². The molecule has 0 aromatic carbocycles. The Balaban J connectivity index is 0.000000191. The monoisotopic (exact) mass is 271 g/mol. The smallest absolute Gasteiger partial charge is 0.318 e. The highest BCUT2D eigenvalue weighted by molar-refractivity contribution is 5.78. The molecule has 0 unspecified atom stereocenters. The van der Waals surface area contributed by atoms with Crippen LogP contribution in [0.25, 0.3) is 0 Å². The summed E-state index contributed by atoms with van der Waals surface area (Å²) >= 11 is 0. The van der Waals surface area contributed by atoms with E-state index in [9.17, 15) is 14.9 Å². The minimum absolute atomic E-state index is 0.0590. The third-order valence-electron chi connectivity index (χ3n) is 3.19. The van der Waals surface area contributed by atoms with Crippen LogP contribution in [0.5, 0.6) is 0 Å². The zero-order chi connectivity index (χ0) is 14.5. The number of aliphatic carboxylic acids is 1. The minimum atomic E-state index is -0.844. The first-order valence-corrected chi connectivity index (χ1v) is 5.68. The standard InChI is InChI=1S/C6H9NO3.C6H8O3/c1-2-6(3-7(8)9)4-10-5-6;1-2-6(5(7)8)3-9-4-6/h2H,1,3-5H2;2H,1,3-4H2,(H,7,8). The fourth-order valence-electron chi connectivity index (χ4n) is 1.55. The lowest BCUT2D eigenvalue weighted by Crippen LogP contribution is -2.47. The average Bonchev–Trinajstić information content (AvgIpc) is 2.23. The van der Waals surface area contributed by atoms with Gasteiger partial charge < -0.3 is 14.6 Å². The third kappa shape index (κ3) is 3.39. The van der Waals surface area contributed by atoms with Gasteiger partial charge in [-0.3, -0.25) is 14.9 Å². The molecular formula is C12H17NO6. The van der Waals surface area contributed by atoms with E-state index in [0.29, 0.717) is 13.2 Å². The number of ether oxygens (including phenoxy) is 2. The Morgan fingerprint density at radius 3 is 1.84 bits per heavy atom. The summed E-state index contributed by atoms with van der Waals surface area (Å²) in [5.74, 6) is -0.844. The van der Waals surface area contributed by atoms with E-state index in [1.807, 2.05) is 0 Å². The second kappa shape index (κ2) is 5.94. The Kier molecular flexibility index (Phi) is 4.79. The Morgan fingerprint density at radius 1 is 1.26 bits per heavy atom. The van der Waals surface area contributed by atoms with Crippen LogP contribution in [0, 0.1) is 20.9 Å². The van der Waals surface area contributed by atoms with Crippen molar-refractivity contribution in [1.29, 1.82) is 0 Å². The van der Waals surface area contributed by atoms with Gasteiger partial charge in [0.15, 0.2) is 0 Å². The first-order valence-electron chi connectivity index (χ1n) is 5.68. The molecule has 2 saturated heterocycles. The van der Waals surface area contributed by atoms with Crippen molar-refractivity contribution in [1.82, 2.24) is 0 Å². The summed E-state index contributed by atoms with van der Waals surface area (Å²) in [4.78, 5) is 20.1. The van der Waals surface area contributed by atoms with E-state index in [1.165, 1.54) is 6.08 Å². The summed E-state index contributed by atoms with van der Waals surface area (Å²) in [6, 6.07) is 0. The van der Waals surface area contributed by atoms with Crippen LogP contribution in [-0.4, -0.2) is 49.0 Å². The molecule has 0 aromatic heterocycles. The predicted octanol–water partition coefficient (Wildman–Crippen LogP) is 0.739. The van der Waals surface area contributed by atoms with Crippen LogP contribution in [0.3, 0.4) is 0 Å². The molecule has 0 atom stereocenters. The molecule has 2 fully saturated rings. The summed E-state index contributed by atoms with van der Waals surface area (Å²) < 4.78 is 9.59. The minimum Gasteiger partial charge on any atom is -0.480 e. The highest BCUT2D eigenvalue weighted by Gasteiger charge is 2.43. The van der Waals surface area contributed by atoms with Crippen molar-refractivity contribution >= 4 is 5.97 Å². The molecule has 2 rings (SSSR count). The molecular weight excluding hydrogens is 254 g/mol. The molecule has 19 heavy (non-hydrogen) atoms. The van der Waals surface area contributed by atoms with E-state index in [2.05, 4.69) is 13.2 Å². The van der Waals surface area contributed by atoms with E-state index in [1.54, 1.807) is 6.08 Å². The molecule has 0 radical (unpaired) electrons. The molecule has 7 heteroatoms. The molecule has 0 aromatic rings. The molecule has 7 nitrogen and oxygen atoms in total. The Bertz CT molecular complexity index is 384. The number of rotatable bonds is 5. The maximum atomic E-state index is 10.4. The van der Waals surface area contributed by atoms with E-state index in [0.717, 1.165) is 0 Å². The molecule has 2 aliphatic rings. The van der Waals surface area contributed by atoms with Gasteiger partial charge in [0.05, 0.1) is 31.8 Å². The van der Waals surface area contributed by atoms with Gasteiger partial charge in [0, 0.05) is 4.92 Å². The van der Waals surface area contributed by atoms with Crippen molar-refractivity contribution < 1.29 is 24.3 Å². The topological polar surface area (TPSA) is 98.9 Å². The van der Waals surface area contributed by atoms with Crippen LogP contribution in [0.15, 0.2) is 25.3 Å². The molecule has 0 saturated carbocycles. The van der Waals surface area contributed by atoms with E-state index >= 15 is 0 Å². The van der Waals surface area contributed by atoms with Gasteiger partial charge in [-0.15, -0.1) is 13.2 Å². The van der Waals surface area contributed by atoms with Gasteiger partial charge in [-0.25, -0.2) is 0 Å². The van der Waals surface area contributed by atoms with Gasteiger partial charge in [-0.2, -0.15) is 0 Å². The second-order valence-electron chi connectivity index (χ2n) is 4.71. The van der Waals surface area contributed by atoms with Gasteiger partial charge in [-0.05, 0) is 0 Å². The van der Waals surface area contributed by atoms with Crippen LogP contribution < -0.4 is 0 Å². The highest BCUT2D eigenvalue weighted by Crippen LogP contribution is 2.28. The molecule has 0 spiro atoms. The maximum Gasteiger partial charge on any atom is 0.318 e. The Morgan fingerprint density at radius 2 is 1.79 bits per heavy atom. The van der Waals surface area contributed by atoms with Gasteiger partial charge in [0.25, 0.3) is 0 Å². The largest absolute Gasteiger partial charge is 0.480 e. The molecule has 1 N–H and O–H groups in total. The molecule has 0 amide bonds. The quantitative estimate of drug-likeness (QED) is 0.450. The first-order chi connectivity index (χ1) is 8.90. The summed E-state index contributed by atoms with van der Waals surface area (Å²) in [5.41, 5.74) is -1.15. The number of carboxylic acid groups (broad SMARTS) is 1. The lowest BCUT2D eigenvalue weighted by Gasteiger charge is -2.34. The number of hydrogen-bond donors (Lipinski definition) is 1. The molecule has 0 bridgehead atoms. The fraction of sp³-hybridized carbons (Fsp3) is 0.583. The van der Waals surface area contributed by atoms with Crippen LogP contribution in [0.1, 0.15) is 0 Å². The second-order valence-corrected chi connectivity index (χ2v) is 4.71. The lowest BCUT2D eigenvalue weighted by atomic mass is 9.86. The Labute approximate surface area is 110 Å². The number of nitrogens with zero attached hydrogens (tertiary/aromatic N) is 1. The van der Waals surface area contributed by atoms with Crippen molar-refractivity contribution in [2.45, 2.75) is 0 Å². The van der Waals surface area contributed by atoms with Crippen molar-refractivity contribution in [3.05, 3.63) is 35.4 Å². The first kappa shape index (κ1) is 15.3. The summed E-state index contributed by atoms with van der Waals surface area (Å²) in [6.45, 7) is 8.30. The fourth-order valence-corrected chi connectivity index (χ4v) is 1.55. The van der Waals surface area contributed by atoms with E-state index in [-0.39, 0.29) is 30.1 Å². The lowest BCUT2D eigenvalue weighted by molar-refractivity contribution is -0.503. The normalized spacial score (nSPS) is 21.7. The molecule has 2 aliphatic heterocycles. The number of carbonyl (C=O) groups is 1. The average molecular weight is 271 g/mol. The van der Waals surface area contributed by atoms with Crippen molar-refractivity contribution in [3.63, 3.8) is 0 Å². The predicted molar refractivity (Wildman–Crippen MR) is 66.4 cm³/mol. The maximum absolute atomic E-state index is 10.4. The van der Waals surface area contributed by atoms with Crippen LogP contribution >= 0.6 is 0 Å². The zero-order valence-corrected chi connectivity index (χ0v) is 10.5. The van der Waals surface area contributed by atoms with Crippen LogP contribution in [0.2, 0.25) is 0 Å². The zero-order valence-electron chi connectivity index (χ0n) is 10.5. The van der Waals surface area contributed by atoms with E-state index in [4.69, 9.17) is 14.6 Å². The van der Waals surface area contributed by atoms with Gasteiger partial charge in [0.1, 0.15) is 5.41 Å². The molecule has 2 heterocycles. The van der Waals surface area contributed by atoms with Crippen molar-refractivity contribution in [2.75, 3.05) is 33.0 Å². The number of hydrogen-bond acceptors (Lipinski definition) is 5. The van der Waals surface area contributed by atoms with Crippen molar-refractivity contribution in [2.24, 2.45) is 10.8 Å². The SMILES string of the molecule is C=CC1(C(=O)O)COC1.C=CC1(C[N+](=O)[O-])COC1. The number of nitro groups is 1. The van der Waals surface area contributed by atoms with Crippen LogP contribution in [0.4, 0.5) is 0 Å². The van der Waals surface area contributed by atoms with Gasteiger partial charge in [-0.1, -0.05) is 12.2 Å². The summed E-state index contributed by atoms with van der Waals surface area (Å²) in [7, 11) is 0. The Hall–Kier alpha value is -1.73. The van der Waals surface area contributed by atoms with Crippen LogP contribution in [-0.2, 0) is 14.3 Å². The third-order valence-corrected chi connectivity index (χ3v) is 3.19. The van der Waals surface area contributed by atoms with Gasteiger partial charge in [0.2, 0.25) is 6.54 Å². The summed E-state index contributed by atoms with van der Waals surface area (Å²) in [6.07, 6.45) is 3.04. The molecule has 0 aliphatic carbocycles. The summed E-state index contributed by atoms with van der Waals surface area (Å²) in [5, 5.41) is 18.6. The number of carboxylic acids is 1. The van der Waals surface area contributed by atoms with Crippen molar-refractivity contribution in [3.8, 4) is 0 Å².